The minimum absolute atomic E-state index is 0.0668. The number of carbonyl (C=O) groups excluding carboxylic acids is 1. The highest BCUT2D eigenvalue weighted by molar-refractivity contribution is 5.94. The molecule has 0 spiro atoms. The molecular weight excluding hydrogens is 334 g/mol. The van der Waals surface area contributed by atoms with Gasteiger partial charge >= 0.3 is 0 Å². The lowest BCUT2D eigenvalue weighted by Crippen LogP contribution is -2.38. The minimum atomic E-state index is 0.0668. The van der Waals surface area contributed by atoms with Gasteiger partial charge in [0.25, 0.3) is 5.91 Å². The number of rotatable bonds is 3. The zero-order chi connectivity index (χ0) is 18.8. The predicted molar refractivity (Wildman–Crippen MR) is 108 cm³/mol. The van der Waals surface area contributed by atoms with E-state index in [-0.39, 0.29) is 5.91 Å². The number of hydrogen-bond acceptors (Lipinski definition) is 2. The number of likely N-dealkylation sites (tertiary alicyclic amines) is 1. The number of amides is 1. The van der Waals surface area contributed by atoms with Crippen molar-refractivity contribution < 1.29 is 4.79 Å². The molecule has 1 aliphatic heterocycles. The maximum absolute atomic E-state index is 13.3. The van der Waals surface area contributed by atoms with E-state index in [0.717, 1.165) is 42.9 Å². The minimum Gasteiger partial charge on any atom is -0.337 e. The van der Waals surface area contributed by atoms with E-state index in [1.54, 1.807) is 4.68 Å². The van der Waals surface area contributed by atoms with Gasteiger partial charge in [-0.1, -0.05) is 55.0 Å². The summed E-state index contributed by atoms with van der Waals surface area (Å²) in [5, 5.41) is 4.78. The van der Waals surface area contributed by atoms with Crippen molar-refractivity contribution in [1.82, 2.24) is 14.7 Å². The molecule has 1 saturated heterocycles. The highest BCUT2D eigenvalue weighted by Gasteiger charge is 2.25. The molecule has 0 unspecified atom stereocenters. The Morgan fingerprint density at radius 1 is 1.00 bits per heavy atom. The normalized spacial score (nSPS) is 15.1. The van der Waals surface area contributed by atoms with Crippen molar-refractivity contribution in [2.45, 2.75) is 26.7 Å². The Balaban J connectivity index is 1.75. The molecule has 4 rings (SSSR count). The van der Waals surface area contributed by atoms with Crippen LogP contribution in [0.5, 0.6) is 0 Å². The maximum Gasteiger partial charge on any atom is 0.272 e. The van der Waals surface area contributed by atoms with E-state index < -0.39 is 0 Å². The second kappa shape index (κ2) is 7.39. The van der Waals surface area contributed by atoms with Gasteiger partial charge in [0.2, 0.25) is 0 Å². The Morgan fingerprint density at radius 2 is 1.67 bits per heavy atom. The molecule has 4 heteroatoms. The second-order valence-electron chi connectivity index (χ2n) is 7.50. The molecule has 1 fully saturated rings. The number of hydrogen-bond donors (Lipinski definition) is 0. The summed E-state index contributed by atoms with van der Waals surface area (Å²) in [7, 11) is 0. The van der Waals surface area contributed by atoms with Crippen molar-refractivity contribution in [2.24, 2.45) is 5.92 Å². The first-order chi connectivity index (χ1) is 13.1. The molecule has 27 heavy (non-hydrogen) atoms. The molecule has 0 radical (unpaired) electrons. The number of benzene rings is 2. The van der Waals surface area contributed by atoms with E-state index in [2.05, 4.69) is 26.0 Å². The number of carbonyl (C=O) groups is 1. The Bertz CT molecular complexity index is 920. The summed E-state index contributed by atoms with van der Waals surface area (Å²) in [5.74, 6) is 0.757. The average molecular weight is 359 g/mol. The third-order valence-corrected chi connectivity index (χ3v) is 5.35. The maximum atomic E-state index is 13.3. The monoisotopic (exact) mass is 359 g/mol. The molecule has 0 atom stereocenters. The van der Waals surface area contributed by atoms with Crippen LogP contribution in [-0.2, 0) is 0 Å². The van der Waals surface area contributed by atoms with E-state index in [1.807, 2.05) is 53.4 Å². The first-order valence-corrected chi connectivity index (χ1v) is 9.63. The predicted octanol–water partition coefficient (Wildman–Crippen LogP) is 4.72. The molecule has 1 aliphatic rings. The lowest BCUT2D eigenvalue weighted by Gasteiger charge is -2.30. The fraction of sp³-hybridized carbons (Fsp3) is 0.304. The third-order valence-electron chi connectivity index (χ3n) is 5.35. The van der Waals surface area contributed by atoms with Crippen LogP contribution in [0.15, 0.2) is 60.7 Å². The van der Waals surface area contributed by atoms with Crippen molar-refractivity contribution in [3.8, 4) is 16.9 Å². The zero-order valence-electron chi connectivity index (χ0n) is 15.9. The van der Waals surface area contributed by atoms with E-state index in [1.165, 1.54) is 5.56 Å². The van der Waals surface area contributed by atoms with E-state index in [0.29, 0.717) is 11.6 Å². The van der Waals surface area contributed by atoms with Crippen molar-refractivity contribution in [3.63, 3.8) is 0 Å². The number of aromatic nitrogens is 2. The van der Waals surface area contributed by atoms with Crippen molar-refractivity contribution in [3.05, 3.63) is 71.9 Å². The molecule has 2 heterocycles. The molecule has 0 aliphatic carbocycles. The van der Waals surface area contributed by atoms with Gasteiger partial charge in [-0.25, -0.2) is 4.68 Å². The summed E-state index contributed by atoms with van der Waals surface area (Å²) >= 11 is 0. The highest BCUT2D eigenvalue weighted by Crippen LogP contribution is 2.24. The average Bonchev–Trinajstić information content (AvgIpc) is 3.15. The third kappa shape index (κ3) is 3.65. The Morgan fingerprint density at radius 3 is 2.33 bits per heavy atom. The van der Waals surface area contributed by atoms with Gasteiger partial charge in [-0.15, -0.1) is 0 Å². The number of aryl methyl sites for hydroxylation is 1. The largest absolute Gasteiger partial charge is 0.337 e. The number of piperidine rings is 1. The molecule has 0 saturated carbocycles. The lowest BCUT2D eigenvalue weighted by molar-refractivity contribution is 0.0688. The van der Waals surface area contributed by atoms with Crippen LogP contribution in [0.4, 0.5) is 0 Å². The molecule has 0 bridgehead atoms. The smallest absolute Gasteiger partial charge is 0.272 e. The van der Waals surface area contributed by atoms with E-state index in [9.17, 15) is 4.79 Å². The molecule has 2 aromatic carbocycles. The molecule has 3 aromatic rings. The van der Waals surface area contributed by atoms with E-state index >= 15 is 0 Å². The summed E-state index contributed by atoms with van der Waals surface area (Å²) in [5.41, 5.74) is 4.57. The van der Waals surface area contributed by atoms with Gasteiger partial charge in [0.15, 0.2) is 0 Å². The quantitative estimate of drug-likeness (QED) is 0.679. The van der Waals surface area contributed by atoms with Crippen molar-refractivity contribution >= 4 is 5.91 Å². The fourth-order valence-corrected chi connectivity index (χ4v) is 3.54. The lowest BCUT2D eigenvalue weighted by atomic mass is 9.99. The Hall–Kier alpha value is -2.88. The SMILES string of the molecule is Cc1ccc(-n2nc(-c3ccccc3)cc2C(=O)N2CCC(C)CC2)cc1. The second-order valence-corrected chi connectivity index (χ2v) is 7.50. The van der Waals surface area contributed by atoms with Gasteiger partial charge in [-0.3, -0.25) is 4.79 Å². The van der Waals surface area contributed by atoms with Crippen LogP contribution >= 0.6 is 0 Å². The van der Waals surface area contributed by atoms with Crippen molar-refractivity contribution in [1.29, 1.82) is 0 Å². The van der Waals surface area contributed by atoms with E-state index in [4.69, 9.17) is 5.10 Å². The van der Waals surface area contributed by atoms with Crippen molar-refractivity contribution in [2.75, 3.05) is 13.1 Å². The van der Waals surface area contributed by atoms with Gasteiger partial charge in [0.1, 0.15) is 5.69 Å². The summed E-state index contributed by atoms with van der Waals surface area (Å²) < 4.78 is 1.79. The summed E-state index contributed by atoms with van der Waals surface area (Å²) in [6.45, 7) is 5.95. The number of nitrogens with zero attached hydrogens (tertiary/aromatic N) is 3. The molecule has 0 N–H and O–H groups in total. The van der Waals surface area contributed by atoms with Crippen LogP contribution in [0, 0.1) is 12.8 Å². The van der Waals surface area contributed by atoms with Crippen LogP contribution in [0.2, 0.25) is 0 Å². The first kappa shape index (κ1) is 17.5. The highest BCUT2D eigenvalue weighted by atomic mass is 16.2. The topological polar surface area (TPSA) is 38.1 Å². The van der Waals surface area contributed by atoms with Gasteiger partial charge in [0, 0.05) is 18.7 Å². The Labute approximate surface area is 160 Å². The van der Waals surface area contributed by atoms with Gasteiger partial charge < -0.3 is 4.90 Å². The standard InChI is InChI=1S/C23H25N3O/c1-17-8-10-20(11-9-17)26-22(23(27)25-14-12-18(2)13-15-25)16-21(24-26)19-6-4-3-5-7-19/h3-11,16,18H,12-15H2,1-2H3. The summed E-state index contributed by atoms with van der Waals surface area (Å²) in [6.07, 6.45) is 2.13. The Kier molecular flexibility index (Phi) is 4.80. The molecule has 4 nitrogen and oxygen atoms in total. The molecule has 1 amide bonds. The fourth-order valence-electron chi connectivity index (χ4n) is 3.54. The molecule has 1 aromatic heterocycles. The van der Waals surface area contributed by atoms with Gasteiger partial charge in [-0.05, 0) is 43.9 Å². The van der Waals surface area contributed by atoms with Gasteiger partial charge in [-0.2, -0.15) is 5.10 Å². The van der Waals surface area contributed by atoms with Crippen LogP contribution in [-0.4, -0.2) is 33.7 Å². The summed E-state index contributed by atoms with van der Waals surface area (Å²) in [4.78, 5) is 15.2. The molecular formula is C23H25N3O. The van der Waals surface area contributed by atoms with Crippen LogP contribution in [0.3, 0.4) is 0 Å². The first-order valence-electron chi connectivity index (χ1n) is 9.63. The molecule has 138 valence electrons. The van der Waals surface area contributed by atoms with Crippen LogP contribution < -0.4 is 0 Å². The van der Waals surface area contributed by atoms with Crippen LogP contribution in [0.25, 0.3) is 16.9 Å². The zero-order valence-corrected chi connectivity index (χ0v) is 15.9. The van der Waals surface area contributed by atoms with Gasteiger partial charge in [0.05, 0.1) is 11.4 Å². The summed E-state index contributed by atoms with van der Waals surface area (Å²) in [6, 6.07) is 20.1. The van der Waals surface area contributed by atoms with Crippen LogP contribution in [0.1, 0.15) is 35.8 Å².